The molecular weight excluding hydrogens is 615 g/mol. The van der Waals surface area contributed by atoms with E-state index in [0.717, 1.165) is 33.8 Å². The van der Waals surface area contributed by atoms with Crippen molar-refractivity contribution in [1.82, 2.24) is 14.1 Å². The molecule has 0 unspecified atom stereocenters. The highest BCUT2D eigenvalue weighted by Gasteiger charge is 2.29. The van der Waals surface area contributed by atoms with Crippen LogP contribution in [0.4, 0.5) is 0 Å². The maximum absolute atomic E-state index is 5.18. The fourth-order valence-corrected chi connectivity index (χ4v) is 8.76. The third-order valence-electron chi connectivity index (χ3n) is 9.60. The second kappa shape index (κ2) is 11.2. The summed E-state index contributed by atoms with van der Waals surface area (Å²) in [5, 5.41) is 4.89. The van der Waals surface area contributed by atoms with Gasteiger partial charge < -0.3 is 4.57 Å². The minimum Gasteiger partial charge on any atom is -0.309 e. The number of hydrogen-bond acceptors (Lipinski definition) is 2. The highest BCUT2D eigenvalue weighted by Crippen LogP contribution is 2.51. The Labute approximate surface area is 287 Å². The van der Waals surface area contributed by atoms with Crippen molar-refractivity contribution >= 4 is 53.3 Å². The monoisotopic (exact) mass is 643 g/mol. The van der Waals surface area contributed by atoms with E-state index in [2.05, 4.69) is 179 Å². The van der Waals surface area contributed by atoms with Crippen LogP contribution in [-0.4, -0.2) is 14.1 Å². The van der Waals surface area contributed by atoms with Crippen LogP contribution in [0.25, 0.3) is 87.1 Å². The Morgan fingerprint density at radius 3 is 1.53 bits per heavy atom. The molecule has 10 aromatic rings. The molecule has 0 aliphatic rings. The van der Waals surface area contributed by atoms with Crippen LogP contribution >= 0.6 is 11.3 Å². The summed E-state index contributed by atoms with van der Waals surface area (Å²) in [6.45, 7) is 0. The molecule has 3 nitrogen and oxygen atoms in total. The van der Waals surface area contributed by atoms with E-state index in [4.69, 9.17) is 4.98 Å². The van der Waals surface area contributed by atoms with Crippen molar-refractivity contribution in [1.29, 1.82) is 0 Å². The van der Waals surface area contributed by atoms with Gasteiger partial charge >= 0.3 is 0 Å². The van der Waals surface area contributed by atoms with Gasteiger partial charge in [-0.3, -0.25) is 4.57 Å². The summed E-state index contributed by atoms with van der Waals surface area (Å²) in [6.07, 6.45) is 1.97. The summed E-state index contributed by atoms with van der Waals surface area (Å²) < 4.78 is 7.30. The first-order valence-corrected chi connectivity index (χ1v) is 17.4. The molecule has 0 radical (unpaired) electrons. The largest absolute Gasteiger partial charge is 0.309 e. The normalized spacial score (nSPS) is 11.7. The molecule has 0 aliphatic heterocycles. The quantitative estimate of drug-likeness (QED) is 0.183. The van der Waals surface area contributed by atoms with Gasteiger partial charge in [-0.05, 0) is 47.5 Å². The van der Waals surface area contributed by atoms with Crippen molar-refractivity contribution in [2.24, 2.45) is 0 Å². The molecule has 0 bridgehead atoms. The third kappa shape index (κ3) is 4.24. The predicted molar refractivity (Wildman–Crippen MR) is 207 cm³/mol. The topological polar surface area (TPSA) is 22.8 Å². The maximum atomic E-state index is 5.18. The highest BCUT2D eigenvalue weighted by molar-refractivity contribution is 7.26. The number of pyridine rings is 1. The lowest BCUT2D eigenvalue weighted by Crippen LogP contribution is -2.01. The minimum atomic E-state index is 0.952. The van der Waals surface area contributed by atoms with Crippen molar-refractivity contribution in [2.75, 3.05) is 0 Å². The molecule has 0 saturated carbocycles. The SMILES string of the molecule is c1ccc(-c2c(-c3c(-c4ccccc4)n(-c4nccc5c4sc4ccccc45)c4ccccc34)c3ccccc3n2-c2ccccc2)cc1. The van der Waals surface area contributed by atoms with Gasteiger partial charge in [0.1, 0.15) is 0 Å². The first kappa shape index (κ1) is 27.8. The molecule has 49 heavy (non-hydrogen) atoms. The number of aromatic nitrogens is 3. The van der Waals surface area contributed by atoms with Crippen LogP contribution in [0, 0.1) is 0 Å². The van der Waals surface area contributed by atoms with E-state index in [1.165, 1.54) is 53.3 Å². The molecular formula is C45H29N3S. The van der Waals surface area contributed by atoms with Gasteiger partial charge in [-0.2, -0.15) is 0 Å². The third-order valence-corrected chi connectivity index (χ3v) is 10.8. The molecule has 0 fully saturated rings. The molecule has 0 aliphatic carbocycles. The lowest BCUT2D eigenvalue weighted by molar-refractivity contribution is 1.07. The van der Waals surface area contributed by atoms with Gasteiger partial charge in [-0.25, -0.2) is 4.98 Å². The second-order valence-electron chi connectivity index (χ2n) is 12.3. The van der Waals surface area contributed by atoms with Crippen LogP contribution in [0.3, 0.4) is 0 Å². The van der Waals surface area contributed by atoms with Crippen LogP contribution in [0.15, 0.2) is 176 Å². The average molecular weight is 644 g/mol. The fraction of sp³-hybridized carbons (Fsp3) is 0. The van der Waals surface area contributed by atoms with Crippen molar-refractivity contribution in [3.05, 3.63) is 176 Å². The fourth-order valence-electron chi connectivity index (χ4n) is 7.59. The van der Waals surface area contributed by atoms with Crippen LogP contribution in [0.1, 0.15) is 0 Å². The minimum absolute atomic E-state index is 0.952. The van der Waals surface area contributed by atoms with Crippen molar-refractivity contribution in [2.45, 2.75) is 0 Å². The van der Waals surface area contributed by atoms with E-state index in [0.29, 0.717) is 0 Å². The summed E-state index contributed by atoms with van der Waals surface area (Å²) in [4.78, 5) is 5.18. The van der Waals surface area contributed by atoms with E-state index in [9.17, 15) is 0 Å². The number of nitrogens with zero attached hydrogens (tertiary/aromatic N) is 3. The Morgan fingerprint density at radius 1 is 0.408 bits per heavy atom. The Bertz CT molecular complexity index is 2810. The number of fused-ring (bicyclic) bond motifs is 5. The summed E-state index contributed by atoms with van der Waals surface area (Å²) in [6, 6.07) is 60.9. The predicted octanol–water partition coefficient (Wildman–Crippen LogP) is 12.3. The molecule has 4 aromatic heterocycles. The van der Waals surface area contributed by atoms with Gasteiger partial charge in [0.25, 0.3) is 0 Å². The zero-order chi connectivity index (χ0) is 32.3. The molecule has 4 heterocycles. The number of hydrogen-bond donors (Lipinski definition) is 0. The second-order valence-corrected chi connectivity index (χ2v) is 13.4. The average Bonchev–Trinajstić information content (AvgIpc) is 3.84. The summed E-state index contributed by atoms with van der Waals surface area (Å²) in [7, 11) is 0. The van der Waals surface area contributed by atoms with E-state index in [1.54, 1.807) is 0 Å². The van der Waals surface area contributed by atoms with Gasteiger partial charge in [-0.1, -0.05) is 133 Å². The van der Waals surface area contributed by atoms with E-state index in [1.807, 2.05) is 17.5 Å². The Kier molecular flexibility index (Phi) is 6.36. The molecule has 0 amide bonds. The summed E-state index contributed by atoms with van der Waals surface area (Å²) >= 11 is 1.82. The number of benzene rings is 6. The van der Waals surface area contributed by atoms with Gasteiger partial charge in [0, 0.05) is 49.3 Å². The molecule has 0 spiro atoms. The summed E-state index contributed by atoms with van der Waals surface area (Å²) in [5.74, 6) is 0.952. The van der Waals surface area contributed by atoms with Gasteiger partial charge in [0.05, 0.1) is 27.1 Å². The van der Waals surface area contributed by atoms with E-state index >= 15 is 0 Å². The first-order chi connectivity index (χ1) is 24.4. The van der Waals surface area contributed by atoms with Crippen LogP contribution in [0.5, 0.6) is 0 Å². The first-order valence-electron chi connectivity index (χ1n) is 16.6. The van der Waals surface area contributed by atoms with Gasteiger partial charge in [-0.15, -0.1) is 11.3 Å². The number of thiophene rings is 1. The zero-order valence-corrected chi connectivity index (χ0v) is 27.3. The molecule has 0 atom stereocenters. The smallest absolute Gasteiger partial charge is 0.155 e. The maximum Gasteiger partial charge on any atom is 0.155 e. The standard InChI is InChI=1S/C45H29N3S/c1-4-16-30(17-5-1)42-40(35-23-10-13-25-37(35)47(42)32-20-8-3-9-21-32)41-36-24-11-14-26-38(36)48(43(41)31-18-6-2-7-19-31)45-44-34(28-29-46-45)33-22-12-15-27-39(33)49-44/h1-29H. The van der Waals surface area contributed by atoms with Crippen molar-refractivity contribution in [3.8, 4) is 45.1 Å². The molecule has 4 heteroatoms. The van der Waals surface area contributed by atoms with Crippen molar-refractivity contribution in [3.63, 3.8) is 0 Å². The molecule has 6 aromatic carbocycles. The number of rotatable bonds is 5. The lowest BCUT2D eigenvalue weighted by atomic mass is 9.93. The Hall–Kier alpha value is -6.23. The van der Waals surface area contributed by atoms with Crippen LogP contribution < -0.4 is 0 Å². The zero-order valence-electron chi connectivity index (χ0n) is 26.5. The molecule has 0 saturated heterocycles. The summed E-state index contributed by atoms with van der Waals surface area (Å²) in [5.41, 5.74) is 10.4. The van der Waals surface area contributed by atoms with Gasteiger partial charge in [0.2, 0.25) is 0 Å². The van der Waals surface area contributed by atoms with Crippen molar-refractivity contribution < 1.29 is 0 Å². The molecule has 0 N–H and O–H groups in total. The lowest BCUT2D eigenvalue weighted by Gasteiger charge is -2.16. The highest BCUT2D eigenvalue weighted by atomic mass is 32.1. The molecule has 230 valence electrons. The van der Waals surface area contributed by atoms with E-state index < -0.39 is 0 Å². The van der Waals surface area contributed by atoms with E-state index in [-0.39, 0.29) is 0 Å². The Morgan fingerprint density at radius 2 is 0.898 bits per heavy atom. The van der Waals surface area contributed by atoms with Crippen LogP contribution in [0.2, 0.25) is 0 Å². The van der Waals surface area contributed by atoms with Crippen LogP contribution in [-0.2, 0) is 0 Å². The molecule has 10 rings (SSSR count). The number of para-hydroxylation sites is 3. The van der Waals surface area contributed by atoms with Gasteiger partial charge in [0.15, 0.2) is 5.82 Å². The Balaban J connectivity index is 1.43.